The van der Waals surface area contributed by atoms with Crippen LogP contribution in [0.15, 0.2) is 211 Å². The van der Waals surface area contributed by atoms with Gasteiger partial charge in [-0.15, -0.1) is 11.3 Å². The third-order valence-corrected chi connectivity index (χ3v) is 13.0. The summed E-state index contributed by atoms with van der Waals surface area (Å²) < 4.78 is 9.37. The Kier molecular flexibility index (Phi) is 8.03. The zero-order chi connectivity index (χ0) is 39.6. The average Bonchev–Trinajstić information content (AvgIpc) is 3.91. The Labute approximate surface area is 350 Å². The molecule has 0 aliphatic rings. The maximum atomic E-state index is 6.76. The number of aromatic nitrogens is 2. The summed E-state index contributed by atoms with van der Waals surface area (Å²) in [5.41, 5.74) is 13.8. The van der Waals surface area contributed by atoms with E-state index in [9.17, 15) is 0 Å². The van der Waals surface area contributed by atoms with Crippen molar-refractivity contribution in [2.45, 2.75) is 0 Å². The summed E-state index contributed by atoms with van der Waals surface area (Å²) in [5.74, 6) is 0.713. The summed E-state index contributed by atoms with van der Waals surface area (Å²) >= 11 is 1.86. The minimum atomic E-state index is 0.713. The first-order valence-corrected chi connectivity index (χ1v) is 21.0. The lowest BCUT2D eigenvalue weighted by Gasteiger charge is -2.11. The molecule has 3 heterocycles. The van der Waals surface area contributed by atoms with Crippen molar-refractivity contribution in [1.82, 2.24) is 9.97 Å². The molecule has 12 aromatic rings. The molecule has 12 rings (SSSR count). The molecule has 0 radical (unpaired) electrons. The smallest absolute Gasteiger partial charge is 0.160 e. The molecule has 0 aliphatic heterocycles. The van der Waals surface area contributed by atoms with Crippen molar-refractivity contribution >= 4 is 64.2 Å². The Balaban J connectivity index is 0.934. The Morgan fingerprint density at radius 3 is 1.63 bits per heavy atom. The molecule has 3 nitrogen and oxygen atoms in total. The first-order valence-electron chi connectivity index (χ1n) is 20.2. The highest BCUT2D eigenvalue weighted by Crippen LogP contribution is 2.46. The Morgan fingerprint density at radius 2 is 0.900 bits per heavy atom. The fraction of sp³-hybridized carbons (Fsp3) is 0. The van der Waals surface area contributed by atoms with Gasteiger partial charge in [0.25, 0.3) is 0 Å². The maximum absolute atomic E-state index is 6.76. The SMILES string of the molecule is c1ccc(-c2cc(-c3ccc(-c4ccc(-c5cc6c(oc7cccc(-c8cccc9c8sc8ccccc89)c76)c6ccccc56)cc4)cc3)nc(-c3ccccc3)n2)cc1. The van der Waals surface area contributed by atoms with E-state index in [2.05, 4.69) is 170 Å². The molecule has 0 N–H and O–H groups in total. The topological polar surface area (TPSA) is 38.9 Å². The number of fused-ring (bicyclic) bond motifs is 8. The van der Waals surface area contributed by atoms with Crippen LogP contribution < -0.4 is 0 Å². The normalized spacial score (nSPS) is 11.7. The molecule has 0 unspecified atom stereocenters. The van der Waals surface area contributed by atoms with Crippen molar-refractivity contribution < 1.29 is 4.42 Å². The summed E-state index contributed by atoms with van der Waals surface area (Å²) in [6.07, 6.45) is 0. The third kappa shape index (κ3) is 5.72. The minimum absolute atomic E-state index is 0.713. The predicted octanol–water partition coefficient (Wildman–Crippen LogP) is 15.9. The van der Waals surface area contributed by atoms with Gasteiger partial charge in [-0.1, -0.05) is 182 Å². The van der Waals surface area contributed by atoms with Crippen LogP contribution in [-0.2, 0) is 0 Å². The lowest BCUT2D eigenvalue weighted by atomic mass is 9.92. The Hall–Kier alpha value is -7.66. The second-order valence-electron chi connectivity index (χ2n) is 15.3. The molecule has 4 heteroatoms. The van der Waals surface area contributed by atoms with Gasteiger partial charge in [0.2, 0.25) is 0 Å². The van der Waals surface area contributed by atoms with Crippen molar-refractivity contribution in [3.8, 4) is 67.3 Å². The first-order chi connectivity index (χ1) is 29.7. The third-order valence-electron chi connectivity index (χ3n) is 11.7. The molecule has 280 valence electrons. The summed E-state index contributed by atoms with van der Waals surface area (Å²) in [6, 6.07) is 73.1. The fourth-order valence-corrected chi connectivity index (χ4v) is 10.0. The number of thiophene rings is 1. The van der Waals surface area contributed by atoms with Crippen LogP contribution in [0.5, 0.6) is 0 Å². The molecule has 60 heavy (non-hydrogen) atoms. The quantitative estimate of drug-likeness (QED) is 0.169. The van der Waals surface area contributed by atoms with E-state index in [1.54, 1.807) is 0 Å². The van der Waals surface area contributed by atoms with E-state index in [0.29, 0.717) is 5.82 Å². The van der Waals surface area contributed by atoms with Gasteiger partial charge < -0.3 is 4.42 Å². The van der Waals surface area contributed by atoms with Crippen molar-refractivity contribution in [1.29, 1.82) is 0 Å². The number of furan rings is 1. The van der Waals surface area contributed by atoms with Crippen LogP contribution in [0.3, 0.4) is 0 Å². The molecule has 9 aromatic carbocycles. The average molecular weight is 783 g/mol. The van der Waals surface area contributed by atoms with Crippen molar-refractivity contribution in [3.63, 3.8) is 0 Å². The molecule has 0 atom stereocenters. The largest absolute Gasteiger partial charge is 0.455 e. The monoisotopic (exact) mass is 782 g/mol. The standard InChI is InChI=1S/C56H34N2OS/c1-3-13-38(14-4-1)49-34-50(58-56(57-49)40-15-5-2-6-16-40)39-31-27-36(28-32-39)35-25-29-37(30-26-35)47-33-48-53-43(20-12-23-51(53)59-54(48)44-19-8-7-17-41(44)47)46-22-11-21-45-42-18-9-10-24-52(42)60-55(45)46/h1-34H. The van der Waals surface area contributed by atoms with Crippen LogP contribution in [0.4, 0.5) is 0 Å². The molecular formula is C56H34N2OS. The van der Waals surface area contributed by atoms with Crippen molar-refractivity contribution in [3.05, 3.63) is 206 Å². The molecule has 0 amide bonds. The van der Waals surface area contributed by atoms with Gasteiger partial charge in [0.05, 0.1) is 11.4 Å². The van der Waals surface area contributed by atoms with E-state index in [1.165, 1.54) is 42.2 Å². The van der Waals surface area contributed by atoms with Gasteiger partial charge in [-0.05, 0) is 57.5 Å². The van der Waals surface area contributed by atoms with Crippen LogP contribution in [0, 0.1) is 0 Å². The van der Waals surface area contributed by atoms with Crippen LogP contribution in [0.1, 0.15) is 0 Å². The van der Waals surface area contributed by atoms with Gasteiger partial charge in [-0.25, -0.2) is 9.97 Å². The van der Waals surface area contributed by atoms with Crippen LogP contribution in [0.2, 0.25) is 0 Å². The van der Waals surface area contributed by atoms with E-state index in [-0.39, 0.29) is 0 Å². The maximum Gasteiger partial charge on any atom is 0.160 e. The first kappa shape index (κ1) is 34.4. The number of hydrogen-bond donors (Lipinski definition) is 0. The van der Waals surface area contributed by atoms with Crippen molar-refractivity contribution in [2.75, 3.05) is 0 Å². The molecule has 0 fully saturated rings. The molecular weight excluding hydrogens is 749 g/mol. The van der Waals surface area contributed by atoms with Crippen molar-refractivity contribution in [2.24, 2.45) is 0 Å². The molecule has 0 saturated heterocycles. The van der Waals surface area contributed by atoms with Gasteiger partial charge >= 0.3 is 0 Å². The second-order valence-corrected chi connectivity index (χ2v) is 16.3. The summed E-state index contributed by atoms with van der Waals surface area (Å²) in [7, 11) is 0. The molecule has 0 saturated carbocycles. The zero-order valence-corrected chi connectivity index (χ0v) is 33.2. The van der Waals surface area contributed by atoms with E-state index in [1.807, 2.05) is 47.7 Å². The van der Waals surface area contributed by atoms with Crippen LogP contribution in [0.25, 0.3) is 120 Å². The van der Waals surface area contributed by atoms with Gasteiger partial charge in [0, 0.05) is 58.6 Å². The van der Waals surface area contributed by atoms with Crippen LogP contribution in [-0.4, -0.2) is 9.97 Å². The van der Waals surface area contributed by atoms with E-state index in [0.717, 1.165) is 72.1 Å². The number of hydrogen-bond acceptors (Lipinski definition) is 4. The van der Waals surface area contributed by atoms with Gasteiger partial charge in [-0.3, -0.25) is 0 Å². The van der Waals surface area contributed by atoms with Crippen LogP contribution >= 0.6 is 11.3 Å². The van der Waals surface area contributed by atoms with E-state index >= 15 is 0 Å². The van der Waals surface area contributed by atoms with Gasteiger partial charge in [-0.2, -0.15) is 0 Å². The van der Waals surface area contributed by atoms with E-state index < -0.39 is 0 Å². The lowest BCUT2D eigenvalue weighted by molar-refractivity contribution is 0.673. The van der Waals surface area contributed by atoms with E-state index in [4.69, 9.17) is 14.4 Å². The fourth-order valence-electron chi connectivity index (χ4n) is 8.81. The highest BCUT2D eigenvalue weighted by atomic mass is 32.1. The molecule has 0 bridgehead atoms. The zero-order valence-electron chi connectivity index (χ0n) is 32.3. The lowest BCUT2D eigenvalue weighted by Crippen LogP contribution is -1.95. The summed E-state index contributed by atoms with van der Waals surface area (Å²) in [5, 5.41) is 7.16. The Morgan fingerprint density at radius 1 is 0.350 bits per heavy atom. The number of nitrogens with zero attached hydrogens (tertiary/aromatic N) is 2. The summed E-state index contributed by atoms with van der Waals surface area (Å²) in [4.78, 5) is 10.0. The number of rotatable bonds is 6. The van der Waals surface area contributed by atoms with Gasteiger partial charge in [0.1, 0.15) is 11.2 Å². The summed E-state index contributed by atoms with van der Waals surface area (Å²) in [6.45, 7) is 0. The van der Waals surface area contributed by atoms with Gasteiger partial charge in [0.15, 0.2) is 5.82 Å². The molecule has 3 aromatic heterocycles. The predicted molar refractivity (Wildman–Crippen MR) is 252 cm³/mol. The number of benzene rings is 9. The minimum Gasteiger partial charge on any atom is -0.455 e. The highest BCUT2D eigenvalue weighted by Gasteiger charge is 2.20. The molecule has 0 spiro atoms. The Bertz CT molecular complexity index is 3510. The molecule has 0 aliphatic carbocycles. The highest BCUT2D eigenvalue weighted by molar-refractivity contribution is 7.26. The second kappa shape index (κ2) is 14.0.